The van der Waals surface area contributed by atoms with Crippen molar-refractivity contribution in [2.75, 3.05) is 7.11 Å². The number of esters is 1. The van der Waals surface area contributed by atoms with Gasteiger partial charge in [-0.05, 0) is 5.56 Å². The Morgan fingerprint density at radius 3 is 2.60 bits per heavy atom. The van der Waals surface area contributed by atoms with Crippen molar-refractivity contribution in [1.29, 1.82) is 5.26 Å². The minimum atomic E-state index is -1.12. The van der Waals surface area contributed by atoms with Crippen molar-refractivity contribution in [2.24, 2.45) is 11.7 Å². The predicted molar refractivity (Wildman–Crippen MR) is 69.7 cm³/mol. The van der Waals surface area contributed by atoms with E-state index in [0.29, 0.717) is 5.56 Å². The van der Waals surface area contributed by atoms with E-state index in [4.69, 9.17) is 5.73 Å². The zero-order valence-corrected chi connectivity index (χ0v) is 10.8. The third-order valence-corrected chi connectivity index (χ3v) is 3.21. The third-order valence-electron chi connectivity index (χ3n) is 3.21. The predicted octanol–water partition coefficient (Wildman–Crippen LogP) is 0.383. The number of ether oxygens (including phenoxy) is 1. The minimum Gasteiger partial charge on any atom is -0.468 e. The second-order valence-corrected chi connectivity index (χ2v) is 4.32. The number of nitrogens with zero attached hydrogens (tertiary/aromatic N) is 1. The molecule has 1 aromatic rings. The lowest BCUT2D eigenvalue weighted by atomic mass is 9.78. The van der Waals surface area contributed by atoms with Crippen LogP contribution < -0.4 is 11.1 Å². The molecule has 0 fully saturated rings. The number of nitrogens with two attached hydrogens (primary N) is 1. The second-order valence-electron chi connectivity index (χ2n) is 4.32. The molecule has 0 spiro atoms. The van der Waals surface area contributed by atoms with E-state index in [1.165, 1.54) is 7.11 Å². The van der Waals surface area contributed by atoms with Gasteiger partial charge < -0.3 is 15.8 Å². The lowest BCUT2D eigenvalue weighted by molar-refractivity contribution is -0.150. The molecule has 0 radical (unpaired) electrons. The molecule has 2 rings (SSSR count). The highest BCUT2D eigenvalue weighted by molar-refractivity contribution is 6.01. The summed E-state index contributed by atoms with van der Waals surface area (Å²) in [6.45, 7) is 0. The summed E-state index contributed by atoms with van der Waals surface area (Å²) in [5.74, 6) is -3.14. The second kappa shape index (κ2) is 5.45. The molecular weight excluding hydrogens is 258 g/mol. The first-order valence-corrected chi connectivity index (χ1v) is 5.93. The topological polar surface area (TPSA) is 105 Å². The van der Waals surface area contributed by atoms with Gasteiger partial charge in [0.2, 0.25) is 5.91 Å². The molecule has 0 aliphatic carbocycles. The van der Waals surface area contributed by atoms with Crippen LogP contribution in [0.4, 0.5) is 0 Å². The quantitative estimate of drug-likeness (QED) is 0.597. The lowest BCUT2D eigenvalue weighted by Gasteiger charge is -2.29. The largest absolute Gasteiger partial charge is 0.468 e. The fraction of sp³-hybridized carbons (Fsp3) is 0.214. The normalized spacial score (nSPS) is 21.9. The molecule has 102 valence electrons. The number of hydrogen-bond acceptors (Lipinski definition) is 5. The maximum Gasteiger partial charge on any atom is 0.319 e. The number of methoxy groups -OCH3 is 1. The number of amides is 1. The van der Waals surface area contributed by atoms with E-state index < -0.39 is 23.7 Å². The van der Waals surface area contributed by atoms with Crippen LogP contribution in [0.3, 0.4) is 0 Å². The fourth-order valence-corrected chi connectivity index (χ4v) is 2.28. The van der Waals surface area contributed by atoms with Crippen LogP contribution in [-0.4, -0.2) is 19.0 Å². The molecule has 0 saturated heterocycles. The van der Waals surface area contributed by atoms with Crippen LogP contribution in [0, 0.1) is 17.2 Å². The maximum atomic E-state index is 12.0. The Hall–Kier alpha value is -2.81. The van der Waals surface area contributed by atoms with Crippen LogP contribution in [0.25, 0.3) is 0 Å². The zero-order chi connectivity index (χ0) is 14.7. The maximum absolute atomic E-state index is 12.0. The molecule has 1 amide bonds. The van der Waals surface area contributed by atoms with Crippen molar-refractivity contribution in [1.82, 2.24) is 5.32 Å². The highest BCUT2D eigenvalue weighted by Gasteiger charge is 2.43. The molecule has 1 aliphatic heterocycles. The van der Waals surface area contributed by atoms with E-state index in [2.05, 4.69) is 10.1 Å². The smallest absolute Gasteiger partial charge is 0.319 e. The molecule has 3 N–H and O–H groups in total. The van der Waals surface area contributed by atoms with Gasteiger partial charge >= 0.3 is 5.97 Å². The van der Waals surface area contributed by atoms with Crippen LogP contribution in [0.5, 0.6) is 0 Å². The number of benzene rings is 1. The van der Waals surface area contributed by atoms with E-state index in [9.17, 15) is 14.9 Å². The van der Waals surface area contributed by atoms with Gasteiger partial charge in [0.15, 0.2) is 0 Å². The average molecular weight is 271 g/mol. The SMILES string of the molecule is COC(=O)C1C(=O)NC(N)=C(C#N)C1c1ccccc1. The van der Waals surface area contributed by atoms with Crippen molar-refractivity contribution >= 4 is 11.9 Å². The van der Waals surface area contributed by atoms with Gasteiger partial charge in [-0.25, -0.2) is 0 Å². The Bertz CT molecular complexity index is 616. The number of rotatable bonds is 2. The zero-order valence-electron chi connectivity index (χ0n) is 10.8. The van der Waals surface area contributed by atoms with Crippen molar-refractivity contribution < 1.29 is 14.3 Å². The van der Waals surface area contributed by atoms with Crippen LogP contribution in [0.1, 0.15) is 11.5 Å². The van der Waals surface area contributed by atoms with E-state index in [-0.39, 0.29) is 11.4 Å². The third kappa shape index (κ3) is 2.21. The molecule has 6 nitrogen and oxygen atoms in total. The number of allylic oxidation sites excluding steroid dienone is 1. The molecule has 1 heterocycles. The number of nitriles is 1. The molecule has 2 unspecified atom stereocenters. The fourth-order valence-electron chi connectivity index (χ4n) is 2.28. The van der Waals surface area contributed by atoms with E-state index in [1.54, 1.807) is 30.3 Å². The summed E-state index contributed by atoms with van der Waals surface area (Å²) in [5.41, 5.74) is 6.51. The summed E-state index contributed by atoms with van der Waals surface area (Å²) >= 11 is 0. The van der Waals surface area contributed by atoms with Gasteiger partial charge in [0.25, 0.3) is 0 Å². The monoisotopic (exact) mass is 271 g/mol. The Kier molecular flexibility index (Phi) is 3.71. The Morgan fingerprint density at radius 2 is 2.05 bits per heavy atom. The highest BCUT2D eigenvalue weighted by atomic mass is 16.5. The van der Waals surface area contributed by atoms with E-state index in [1.807, 2.05) is 6.07 Å². The summed E-state index contributed by atoms with van der Waals surface area (Å²) in [6, 6.07) is 10.8. The van der Waals surface area contributed by atoms with Gasteiger partial charge in [0, 0.05) is 5.92 Å². The number of carbonyl (C=O) groups excluding carboxylic acids is 2. The summed E-state index contributed by atoms with van der Waals surface area (Å²) in [5, 5.41) is 11.6. The highest BCUT2D eigenvalue weighted by Crippen LogP contribution is 2.36. The van der Waals surface area contributed by atoms with Crippen LogP contribution in [-0.2, 0) is 14.3 Å². The summed E-state index contributed by atoms with van der Waals surface area (Å²) in [6.07, 6.45) is 0. The van der Waals surface area contributed by atoms with Crippen LogP contribution in [0.15, 0.2) is 41.7 Å². The Morgan fingerprint density at radius 1 is 1.40 bits per heavy atom. The van der Waals surface area contributed by atoms with Crippen molar-refractivity contribution in [3.63, 3.8) is 0 Å². The van der Waals surface area contributed by atoms with Crippen molar-refractivity contribution in [3.05, 3.63) is 47.3 Å². The van der Waals surface area contributed by atoms with Gasteiger partial charge in [0.05, 0.1) is 18.8 Å². The molecular formula is C14H13N3O3. The number of hydrogen-bond donors (Lipinski definition) is 2. The summed E-state index contributed by atoms with van der Waals surface area (Å²) in [4.78, 5) is 23.9. The molecule has 6 heteroatoms. The summed E-state index contributed by atoms with van der Waals surface area (Å²) in [7, 11) is 1.20. The summed E-state index contributed by atoms with van der Waals surface area (Å²) < 4.78 is 4.67. The van der Waals surface area contributed by atoms with Crippen LogP contribution in [0.2, 0.25) is 0 Å². The molecule has 1 aliphatic rings. The van der Waals surface area contributed by atoms with Gasteiger partial charge in [-0.1, -0.05) is 30.3 Å². The van der Waals surface area contributed by atoms with Crippen LogP contribution >= 0.6 is 0 Å². The molecule has 0 aromatic heterocycles. The first-order chi connectivity index (χ1) is 9.60. The Balaban J connectivity index is 2.59. The van der Waals surface area contributed by atoms with E-state index >= 15 is 0 Å². The standard InChI is InChI=1S/C14H13N3O3/c1-20-14(19)11-10(8-5-3-2-4-6-8)9(7-15)12(16)17-13(11)18/h2-6,10-11H,16H2,1H3,(H,17,18). The molecule has 2 atom stereocenters. The van der Waals surface area contributed by atoms with Gasteiger partial charge in [-0.2, -0.15) is 5.26 Å². The van der Waals surface area contributed by atoms with E-state index in [0.717, 1.165) is 0 Å². The average Bonchev–Trinajstić information content (AvgIpc) is 2.46. The number of carbonyl (C=O) groups is 2. The first-order valence-electron chi connectivity index (χ1n) is 5.93. The lowest BCUT2D eigenvalue weighted by Crippen LogP contribution is -2.46. The van der Waals surface area contributed by atoms with Gasteiger partial charge in [-0.15, -0.1) is 0 Å². The van der Waals surface area contributed by atoms with Gasteiger partial charge in [0.1, 0.15) is 11.7 Å². The Labute approximate surface area is 115 Å². The van der Waals surface area contributed by atoms with Crippen molar-refractivity contribution in [3.8, 4) is 6.07 Å². The molecule has 0 bridgehead atoms. The first kappa shape index (κ1) is 13.6. The van der Waals surface area contributed by atoms with Crippen molar-refractivity contribution in [2.45, 2.75) is 5.92 Å². The minimum absolute atomic E-state index is 0.0218. The molecule has 20 heavy (non-hydrogen) atoms. The molecule has 0 saturated carbocycles. The van der Waals surface area contributed by atoms with Gasteiger partial charge in [-0.3, -0.25) is 9.59 Å². The molecule has 1 aromatic carbocycles. The number of nitrogens with one attached hydrogen (secondary N) is 1.